The van der Waals surface area contributed by atoms with Gasteiger partial charge in [-0.25, -0.2) is 0 Å². The average Bonchev–Trinajstić information content (AvgIpc) is 2.44. The quantitative estimate of drug-likeness (QED) is 0.775. The maximum Gasteiger partial charge on any atom is 0.237 e. The maximum atomic E-state index is 12.0. The Morgan fingerprint density at radius 1 is 1.24 bits per heavy atom. The Balaban J connectivity index is 2.54. The van der Waals surface area contributed by atoms with Gasteiger partial charge in [-0.1, -0.05) is 38.1 Å². The maximum absolute atomic E-state index is 12.0. The summed E-state index contributed by atoms with van der Waals surface area (Å²) in [7, 11) is 0. The highest BCUT2D eigenvalue weighted by molar-refractivity contribution is 7.98. The largest absolute Gasteiger partial charge is 0.348 e. The molecule has 0 heterocycles. The molecule has 1 amide bonds. The average molecular weight is 308 g/mol. The number of hydrogen-bond acceptors (Lipinski definition) is 3. The zero-order valence-electron chi connectivity index (χ0n) is 13.6. The van der Waals surface area contributed by atoms with Crippen molar-refractivity contribution in [3.05, 3.63) is 35.4 Å². The van der Waals surface area contributed by atoms with Crippen LogP contribution in [-0.4, -0.2) is 24.0 Å². The molecule has 1 aromatic carbocycles. The topological polar surface area (TPSA) is 55.1 Å². The molecule has 1 aromatic rings. The molecule has 1 rings (SSSR count). The van der Waals surface area contributed by atoms with Gasteiger partial charge < -0.3 is 11.1 Å². The van der Waals surface area contributed by atoms with Crippen molar-refractivity contribution in [3.63, 3.8) is 0 Å². The zero-order chi connectivity index (χ0) is 15.8. The summed E-state index contributed by atoms with van der Waals surface area (Å²) in [6, 6.07) is 8.05. The van der Waals surface area contributed by atoms with E-state index < -0.39 is 6.04 Å². The lowest BCUT2D eigenvalue weighted by molar-refractivity contribution is -0.123. The van der Waals surface area contributed by atoms with Crippen LogP contribution in [-0.2, 0) is 11.2 Å². The van der Waals surface area contributed by atoms with Gasteiger partial charge in [0.2, 0.25) is 5.91 Å². The Bertz CT molecular complexity index is 431. The Kier molecular flexibility index (Phi) is 7.83. The molecule has 0 bridgehead atoms. The van der Waals surface area contributed by atoms with E-state index in [2.05, 4.69) is 43.4 Å². The van der Waals surface area contributed by atoms with Gasteiger partial charge in [-0.2, -0.15) is 11.8 Å². The van der Waals surface area contributed by atoms with E-state index in [-0.39, 0.29) is 11.9 Å². The van der Waals surface area contributed by atoms with Gasteiger partial charge in [0.15, 0.2) is 0 Å². The monoisotopic (exact) mass is 308 g/mol. The number of hydrogen-bond donors (Lipinski definition) is 2. The summed E-state index contributed by atoms with van der Waals surface area (Å²) < 4.78 is 0. The Labute approximate surface area is 133 Å². The first-order valence-corrected chi connectivity index (χ1v) is 8.97. The van der Waals surface area contributed by atoms with E-state index >= 15 is 0 Å². The second kappa shape index (κ2) is 9.11. The van der Waals surface area contributed by atoms with Crippen LogP contribution in [0, 0.1) is 5.92 Å². The summed E-state index contributed by atoms with van der Waals surface area (Å²) in [5.74, 6) is 1.50. The summed E-state index contributed by atoms with van der Waals surface area (Å²) in [6.07, 6.45) is 3.82. The molecule has 0 radical (unpaired) electrons. The predicted molar refractivity (Wildman–Crippen MR) is 92.5 cm³/mol. The minimum atomic E-state index is -0.417. The number of nitrogens with one attached hydrogen (secondary N) is 1. The van der Waals surface area contributed by atoms with Crippen molar-refractivity contribution >= 4 is 17.7 Å². The number of carbonyl (C=O) groups is 1. The van der Waals surface area contributed by atoms with E-state index in [1.807, 2.05) is 13.2 Å². The van der Waals surface area contributed by atoms with Crippen molar-refractivity contribution in [1.29, 1.82) is 0 Å². The summed E-state index contributed by atoms with van der Waals surface area (Å²) in [5.41, 5.74) is 8.34. The summed E-state index contributed by atoms with van der Waals surface area (Å²) in [6.45, 7) is 6.43. The molecule has 3 nitrogen and oxygen atoms in total. The van der Waals surface area contributed by atoms with Crippen molar-refractivity contribution < 1.29 is 4.79 Å². The molecule has 21 heavy (non-hydrogen) atoms. The lowest BCUT2D eigenvalue weighted by atomic mass is 10.00. The summed E-state index contributed by atoms with van der Waals surface area (Å²) in [4.78, 5) is 12.0. The molecule has 0 aliphatic heterocycles. The molecule has 1 unspecified atom stereocenters. The minimum absolute atomic E-state index is 0.00840. The normalized spacial score (nSPS) is 14.0. The molecule has 0 aliphatic rings. The molecule has 0 saturated heterocycles. The van der Waals surface area contributed by atoms with Gasteiger partial charge in [0, 0.05) is 0 Å². The highest BCUT2D eigenvalue weighted by atomic mass is 32.2. The molecule has 118 valence electrons. The van der Waals surface area contributed by atoms with Crippen LogP contribution in [0.4, 0.5) is 0 Å². The summed E-state index contributed by atoms with van der Waals surface area (Å²) in [5, 5.41) is 2.99. The van der Waals surface area contributed by atoms with Crippen LogP contribution >= 0.6 is 11.8 Å². The van der Waals surface area contributed by atoms with Crippen LogP contribution in [0.15, 0.2) is 24.3 Å². The molecule has 0 fully saturated rings. The minimum Gasteiger partial charge on any atom is -0.348 e. The zero-order valence-corrected chi connectivity index (χ0v) is 14.4. The van der Waals surface area contributed by atoms with E-state index in [1.165, 1.54) is 5.56 Å². The van der Waals surface area contributed by atoms with E-state index in [1.54, 1.807) is 11.8 Å². The first kappa shape index (κ1) is 18.1. The van der Waals surface area contributed by atoms with Crippen LogP contribution in [0.5, 0.6) is 0 Å². The Morgan fingerprint density at radius 3 is 2.38 bits per heavy atom. The summed E-state index contributed by atoms with van der Waals surface area (Å²) >= 11 is 1.71. The number of rotatable bonds is 8. The van der Waals surface area contributed by atoms with Crippen molar-refractivity contribution in [2.45, 2.75) is 45.7 Å². The third-order valence-electron chi connectivity index (χ3n) is 3.45. The third-order valence-corrected chi connectivity index (χ3v) is 4.10. The highest BCUT2D eigenvalue weighted by Crippen LogP contribution is 2.15. The lowest BCUT2D eigenvalue weighted by Gasteiger charge is -2.18. The second-order valence-electron chi connectivity index (χ2n) is 5.96. The molecule has 2 atom stereocenters. The van der Waals surface area contributed by atoms with Gasteiger partial charge in [0.05, 0.1) is 12.1 Å². The molecule has 3 N–H and O–H groups in total. The van der Waals surface area contributed by atoms with Gasteiger partial charge in [-0.15, -0.1) is 0 Å². The number of carbonyl (C=O) groups excluding carboxylic acids is 1. The second-order valence-corrected chi connectivity index (χ2v) is 6.94. The van der Waals surface area contributed by atoms with Gasteiger partial charge in [-0.3, -0.25) is 4.79 Å². The lowest BCUT2D eigenvalue weighted by Crippen LogP contribution is -2.41. The SMILES string of the molecule is CSCC[C@H](N)C(=O)NC(C)c1ccc(CC(C)C)cc1. The van der Waals surface area contributed by atoms with Gasteiger partial charge in [0.25, 0.3) is 0 Å². The van der Waals surface area contributed by atoms with Crippen molar-refractivity contribution in [1.82, 2.24) is 5.32 Å². The van der Waals surface area contributed by atoms with Crippen LogP contribution in [0.1, 0.15) is 44.4 Å². The first-order valence-electron chi connectivity index (χ1n) is 7.57. The Morgan fingerprint density at radius 2 is 1.86 bits per heavy atom. The third kappa shape index (κ3) is 6.53. The molecular weight excluding hydrogens is 280 g/mol. The van der Waals surface area contributed by atoms with Crippen molar-refractivity contribution in [3.8, 4) is 0 Å². The van der Waals surface area contributed by atoms with Crippen LogP contribution in [0.25, 0.3) is 0 Å². The van der Waals surface area contributed by atoms with Crippen LogP contribution in [0.3, 0.4) is 0 Å². The number of benzene rings is 1. The van der Waals surface area contributed by atoms with E-state index in [4.69, 9.17) is 5.73 Å². The smallest absolute Gasteiger partial charge is 0.237 e. The van der Waals surface area contributed by atoms with Gasteiger partial charge in [-0.05, 0) is 48.8 Å². The number of amides is 1. The fourth-order valence-corrected chi connectivity index (χ4v) is 2.68. The molecular formula is C17H28N2OS. The molecule has 0 spiro atoms. The molecule has 0 saturated carbocycles. The van der Waals surface area contributed by atoms with E-state index in [0.717, 1.165) is 17.7 Å². The molecule has 0 aliphatic carbocycles. The predicted octanol–water partition coefficient (Wildman–Crippen LogP) is 3.14. The van der Waals surface area contributed by atoms with Crippen LogP contribution < -0.4 is 11.1 Å². The van der Waals surface area contributed by atoms with E-state index in [0.29, 0.717) is 12.3 Å². The first-order chi connectivity index (χ1) is 9.93. The Hall–Kier alpha value is -1.00. The highest BCUT2D eigenvalue weighted by Gasteiger charge is 2.16. The van der Waals surface area contributed by atoms with Crippen LogP contribution in [0.2, 0.25) is 0 Å². The standard InChI is InChI=1S/C17H28N2OS/c1-12(2)11-14-5-7-15(8-6-14)13(3)19-17(20)16(18)9-10-21-4/h5-8,12-13,16H,9-11,18H2,1-4H3,(H,19,20)/t13?,16-/m0/s1. The van der Waals surface area contributed by atoms with Gasteiger partial charge in [0.1, 0.15) is 0 Å². The molecule has 0 aromatic heterocycles. The van der Waals surface area contributed by atoms with Crippen molar-refractivity contribution in [2.75, 3.05) is 12.0 Å². The number of nitrogens with two attached hydrogens (primary N) is 1. The fourth-order valence-electron chi connectivity index (χ4n) is 2.19. The van der Waals surface area contributed by atoms with Gasteiger partial charge >= 0.3 is 0 Å². The van der Waals surface area contributed by atoms with E-state index in [9.17, 15) is 4.79 Å². The number of thioether (sulfide) groups is 1. The van der Waals surface area contributed by atoms with Crippen molar-refractivity contribution in [2.24, 2.45) is 11.7 Å². The fraction of sp³-hybridized carbons (Fsp3) is 0.588. The molecule has 4 heteroatoms.